The number of para-hydroxylation sites is 2. The molecular formula is C55H42N2O3S. The third-order valence-electron chi connectivity index (χ3n) is 10.4. The van der Waals surface area contributed by atoms with Gasteiger partial charge in [-0.1, -0.05) is 140 Å². The molecule has 0 fully saturated rings. The topological polar surface area (TPSA) is 51.7 Å². The number of fused-ring (bicyclic) bond motifs is 1. The van der Waals surface area contributed by atoms with Gasteiger partial charge >= 0.3 is 5.97 Å². The molecule has 0 unspecified atom stereocenters. The van der Waals surface area contributed by atoms with Gasteiger partial charge in [-0.15, -0.1) is 11.3 Å². The van der Waals surface area contributed by atoms with E-state index in [0.717, 1.165) is 77.0 Å². The van der Waals surface area contributed by atoms with Crippen molar-refractivity contribution < 1.29 is 14.3 Å². The normalized spacial score (nSPS) is 10.9. The molecule has 5 nitrogen and oxygen atoms in total. The quantitative estimate of drug-likeness (QED) is 0.0474. The third kappa shape index (κ3) is 9.21. The molecule has 0 atom stereocenters. The summed E-state index contributed by atoms with van der Waals surface area (Å²) >= 11 is 1.64. The van der Waals surface area contributed by atoms with Crippen molar-refractivity contribution in [1.29, 1.82) is 0 Å². The van der Waals surface area contributed by atoms with Crippen LogP contribution in [-0.4, -0.2) is 17.6 Å². The number of thiazole rings is 1. The standard InChI is InChI=1S/C55H42N2O3S/c58-52(60-48-34-30-43(31-35-48)54(42-21-10-3-11-22-42)53(40-17-6-1-7-18-40)41-19-8-2-9-20-41)27-16-38-59-49-36-37-50-51(39-49)61-55(56-50)44-28-32-47(33-29-44)57(45-23-12-4-13-24-45)46-25-14-5-15-26-46/h1-15,17-26,28-37,39H,16,27,38H2. The summed E-state index contributed by atoms with van der Waals surface area (Å²) in [4.78, 5) is 20.1. The molecule has 61 heavy (non-hydrogen) atoms. The first-order chi connectivity index (χ1) is 30.2. The number of aromatic nitrogens is 1. The molecule has 0 bridgehead atoms. The van der Waals surface area contributed by atoms with E-state index in [9.17, 15) is 4.79 Å². The highest BCUT2D eigenvalue weighted by molar-refractivity contribution is 7.21. The molecule has 0 amide bonds. The fourth-order valence-corrected chi connectivity index (χ4v) is 8.48. The Morgan fingerprint density at radius 3 is 1.48 bits per heavy atom. The average Bonchev–Trinajstić information content (AvgIpc) is 3.76. The molecule has 0 radical (unpaired) electrons. The first-order valence-corrected chi connectivity index (χ1v) is 21.2. The van der Waals surface area contributed by atoms with E-state index in [-0.39, 0.29) is 12.4 Å². The van der Waals surface area contributed by atoms with Crippen molar-refractivity contribution in [2.45, 2.75) is 12.8 Å². The molecule has 8 aromatic carbocycles. The summed E-state index contributed by atoms with van der Waals surface area (Å²) in [6.45, 7) is 0.388. The Hall–Kier alpha value is -7.54. The molecule has 9 rings (SSSR count). The molecule has 0 saturated heterocycles. The summed E-state index contributed by atoms with van der Waals surface area (Å²) in [5.74, 6) is 0.957. The largest absolute Gasteiger partial charge is 0.494 e. The number of ether oxygens (including phenoxy) is 2. The molecule has 9 aromatic rings. The number of benzene rings is 8. The van der Waals surface area contributed by atoms with E-state index in [0.29, 0.717) is 18.8 Å². The first-order valence-electron chi connectivity index (χ1n) is 20.4. The second-order valence-corrected chi connectivity index (χ2v) is 15.5. The van der Waals surface area contributed by atoms with Crippen LogP contribution in [0.25, 0.3) is 31.9 Å². The van der Waals surface area contributed by atoms with Gasteiger partial charge in [0.05, 0.1) is 16.8 Å². The lowest BCUT2D eigenvalue weighted by molar-refractivity contribution is -0.134. The number of esters is 1. The predicted octanol–water partition coefficient (Wildman–Crippen LogP) is 14.2. The van der Waals surface area contributed by atoms with E-state index in [1.807, 2.05) is 72.8 Å². The summed E-state index contributed by atoms with van der Waals surface area (Å²) in [6.07, 6.45) is 0.759. The van der Waals surface area contributed by atoms with Crippen LogP contribution in [0.3, 0.4) is 0 Å². The molecule has 1 aromatic heterocycles. The van der Waals surface area contributed by atoms with Crippen molar-refractivity contribution in [2.24, 2.45) is 0 Å². The minimum Gasteiger partial charge on any atom is -0.494 e. The molecule has 296 valence electrons. The van der Waals surface area contributed by atoms with Crippen LogP contribution in [-0.2, 0) is 4.79 Å². The molecule has 0 N–H and O–H groups in total. The zero-order valence-corrected chi connectivity index (χ0v) is 34.2. The van der Waals surface area contributed by atoms with Crippen molar-refractivity contribution in [2.75, 3.05) is 11.5 Å². The first kappa shape index (κ1) is 38.9. The maximum Gasteiger partial charge on any atom is 0.311 e. The highest BCUT2D eigenvalue weighted by atomic mass is 32.1. The summed E-state index contributed by atoms with van der Waals surface area (Å²) in [6, 6.07) is 74.4. The highest BCUT2D eigenvalue weighted by Crippen LogP contribution is 2.39. The Morgan fingerprint density at radius 2 is 0.951 bits per heavy atom. The summed E-state index contributed by atoms with van der Waals surface area (Å²) < 4.78 is 12.9. The monoisotopic (exact) mass is 810 g/mol. The van der Waals surface area contributed by atoms with Crippen LogP contribution >= 0.6 is 11.3 Å². The summed E-state index contributed by atoms with van der Waals surface area (Å²) in [5.41, 5.74) is 11.8. The molecule has 0 aliphatic rings. The number of nitrogens with zero attached hydrogens (tertiary/aromatic N) is 2. The number of hydrogen-bond acceptors (Lipinski definition) is 6. The van der Waals surface area contributed by atoms with Gasteiger partial charge in [0.15, 0.2) is 0 Å². The van der Waals surface area contributed by atoms with Gasteiger partial charge in [-0.25, -0.2) is 4.98 Å². The van der Waals surface area contributed by atoms with Crippen molar-refractivity contribution in [3.63, 3.8) is 0 Å². The van der Waals surface area contributed by atoms with Crippen LogP contribution in [0.15, 0.2) is 218 Å². The second-order valence-electron chi connectivity index (χ2n) is 14.5. The maximum absolute atomic E-state index is 13.0. The van der Waals surface area contributed by atoms with Gasteiger partial charge in [0.1, 0.15) is 16.5 Å². The van der Waals surface area contributed by atoms with Gasteiger partial charge in [0.2, 0.25) is 0 Å². The fraction of sp³-hybridized carbons (Fsp3) is 0.0545. The lowest BCUT2D eigenvalue weighted by Gasteiger charge is -2.25. The Labute approximate surface area is 360 Å². The van der Waals surface area contributed by atoms with Crippen molar-refractivity contribution in [3.05, 3.63) is 241 Å². The molecule has 0 saturated carbocycles. The van der Waals surface area contributed by atoms with E-state index >= 15 is 0 Å². The van der Waals surface area contributed by atoms with E-state index in [2.05, 4.69) is 150 Å². The summed E-state index contributed by atoms with van der Waals surface area (Å²) in [7, 11) is 0. The van der Waals surface area contributed by atoms with E-state index in [1.165, 1.54) is 0 Å². The Kier molecular flexibility index (Phi) is 11.9. The van der Waals surface area contributed by atoms with Gasteiger partial charge in [-0.2, -0.15) is 0 Å². The van der Waals surface area contributed by atoms with Crippen LogP contribution in [0.5, 0.6) is 11.5 Å². The van der Waals surface area contributed by atoms with E-state index in [4.69, 9.17) is 14.5 Å². The number of carbonyl (C=O) groups is 1. The van der Waals surface area contributed by atoms with E-state index in [1.54, 1.807) is 11.3 Å². The van der Waals surface area contributed by atoms with Crippen LogP contribution in [0.4, 0.5) is 17.1 Å². The van der Waals surface area contributed by atoms with Crippen LogP contribution in [0, 0.1) is 0 Å². The van der Waals surface area contributed by atoms with Crippen LogP contribution in [0.1, 0.15) is 35.1 Å². The molecule has 0 aliphatic heterocycles. The minimum absolute atomic E-state index is 0.234. The SMILES string of the molecule is O=C(CCCOc1ccc2nc(-c3ccc(N(c4ccccc4)c4ccccc4)cc3)sc2c1)Oc1ccc(C(=C(c2ccccc2)c2ccccc2)c2ccccc2)cc1. The smallest absolute Gasteiger partial charge is 0.311 e. The van der Waals surface area contributed by atoms with Crippen LogP contribution < -0.4 is 14.4 Å². The van der Waals surface area contributed by atoms with Crippen LogP contribution in [0.2, 0.25) is 0 Å². The number of hydrogen-bond donors (Lipinski definition) is 0. The maximum atomic E-state index is 13.0. The van der Waals surface area contributed by atoms with E-state index < -0.39 is 0 Å². The molecular weight excluding hydrogens is 769 g/mol. The number of anilines is 3. The van der Waals surface area contributed by atoms with Gasteiger partial charge in [0, 0.05) is 29.0 Å². The highest BCUT2D eigenvalue weighted by Gasteiger charge is 2.17. The Bertz CT molecular complexity index is 2780. The molecule has 0 aliphatic carbocycles. The Morgan fingerprint density at radius 1 is 0.492 bits per heavy atom. The zero-order chi connectivity index (χ0) is 41.2. The Balaban J connectivity index is 0.831. The lowest BCUT2D eigenvalue weighted by atomic mass is 9.86. The van der Waals surface area contributed by atoms with Crippen molar-refractivity contribution in [3.8, 4) is 22.1 Å². The van der Waals surface area contributed by atoms with Gasteiger partial charge in [0.25, 0.3) is 0 Å². The fourth-order valence-electron chi connectivity index (χ4n) is 7.48. The van der Waals surface area contributed by atoms with Crippen molar-refractivity contribution in [1.82, 2.24) is 4.98 Å². The van der Waals surface area contributed by atoms with Gasteiger partial charge < -0.3 is 14.4 Å². The predicted molar refractivity (Wildman–Crippen MR) is 251 cm³/mol. The zero-order valence-electron chi connectivity index (χ0n) is 33.4. The number of carbonyl (C=O) groups excluding carboxylic acids is 1. The molecule has 0 spiro atoms. The minimum atomic E-state index is -0.298. The van der Waals surface area contributed by atoms with Gasteiger partial charge in [-0.05, 0) is 119 Å². The molecule has 6 heteroatoms. The molecule has 1 heterocycles. The lowest BCUT2D eigenvalue weighted by Crippen LogP contribution is -2.10. The average molecular weight is 811 g/mol. The summed E-state index contributed by atoms with van der Waals surface area (Å²) in [5, 5.41) is 0.945. The third-order valence-corrected chi connectivity index (χ3v) is 11.4. The number of rotatable bonds is 14. The van der Waals surface area contributed by atoms with Crippen molar-refractivity contribution >= 4 is 55.7 Å². The second kappa shape index (κ2) is 18.6. The van der Waals surface area contributed by atoms with Gasteiger partial charge in [-0.3, -0.25) is 4.79 Å².